The van der Waals surface area contributed by atoms with E-state index in [1.165, 1.54) is 0 Å². The molecule has 0 fully saturated rings. The van der Waals surface area contributed by atoms with Crippen LogP contribution in [-0.4, -0.2) is 12.5 Å². The molecule has 0 aromatic heterocycles. The molecular weight excluding hydrogens is 190 g/mol. The van der Waals surface area contributed by atoms with Gasteiger partial charge in [-0.05, 0) is 6.92 Å². The highest BCUT2D eigenvalue weighted by molar-refractivity contribution is 5.92. The Labute approximate surface area is 89.5 Å². The number of hydrogen-bond acceptors (Lipinski definition) is 2. The molecule has 0 bridgehead atoms. The maximum Gasteiger partial charge on any atom is 0.248 e. The van der Waals surface area contributed by atoms with Gasteiger partial charge in [0.1, 0.15) is 5.76 Å². The van der Waals surface area contributed by atoms with Crippen LogP contribution in [0.5, 0.6) is 0 Å². The Hall–Kier alpha value is -1.77. The molecule has 15 heavy (non-hydrogen) atoms. The van der Waals surface area contributed by atoms with Gasteiger partial charge in [-0.2, -0.15) is 0 Å². The number of amides is 1. The highest BCUT2D eigenvalue weighted by Gasteiger charge is 2.15. The highest BCUT2D eigenvalue weighted by Crippen LogP contribution is 2.16. The van der Waals surface area contributed by atoms with Gasteiger partial charge in [-0.25, -0.2) is 0 Å². The monoisotopic (exact) mass is 205 g/mol. The Morgan fingerprint density at radius 1 is 1.20 bits per heavy atom. The summed E-state index contributed by atoms with van der Waals surface area (Å²) in [4.78, 5) is 10.5. The minimum atomic E-state index is -0.356. The third-order valence-corrected chi connectivity index (χ3v) is 2.06. The summed E-state index contributed by atoms with van der Waals surface area (Å²) < 4.78 is 5.01. The molecule has 2 N–H and O–H groups in total. The molecule has 1 aliphatic heterocycles. The van der Waals surface area contributed by atoms with Crippen molar-refractivity contribution in [3.63, 3.8) is 0 Å². The minimum Gasteiger partial charge on any atom is -0.497 e. The first-order chi connectivity index (χ1) is 7.22. The molecule has 0 aliphatic carbocycles. The third-order valence-electron chi connectivity index (χ3n) is 2.06. The van der Waals surface area contributed by atoms with Gasteiger partial charge < -0.3 is 10.5 Å². The number of allylic oxidation sites excluding steroid dienone is 1. The zero-order valence-corrected chi connectivity index (χ0v) is 8.77. The molecule has 0 unspecified atom stereocenters. The van der Waals surface area contributed by atoms with Crippen LogP contribution in [0.4, 0.5) is 0 Å². The fourth-order valence-electron chi connectivity index (χ4n) is 1.25. The topological polar surface area (TPSA) is 52.3 Å². The SMILES string of the molecule is CC1=C(C(N)=O)CCO1.c1ccccc1. The Bertz CT molecular complexity index is 317. The van der Waals surface area contributed by atoms with E-state index in [1.54, 1.807) is 6.92 Å². The van der Waals surface area contributed by atoms with E-state index in [-0.39, 0.29) is 5.91 Å². The minimum absolute atomic E-state index is 0.356. The van der Waals surface area contributed by atoms with E-state index in [0.29, 0.717) is 24.4 Å². The number of ether oxygens (including phenoxy) is 1. The zero-order valence-electron chi connectivity index (χ0n) is 8.77. The van der Waals surface area contributed by atoms with Gasteiger partial charge >= 0.3 is 0 Å². The van der Waals surface area contributed by atoms with Gasteiger partial charge in [0.15, 0.2) is 0 Å². The van der Waals surface area contributed by atoms with Crippen LogP contribution in [0, 0.1) is 0 Å². The average Bonchev–Trinajstić information content (AvgIpc) is 2.68. The number of carbonyl (C=O) groups is 1. The Morgan fingerprint density at radius 3 is 1.87 bits per heavy atom. The van der Waals surface area contributed by atoms with E-state index in [1.807, 2.05) is 36.4 Å². The van der Waals surface area contributed by atoms with Gasteiger partial charge in [0.05, 0.1) is 12.2 Å². The predicted molar refractivity (Wildman–Crippen MR) is 58.9 cm³/mol. The van der Waals surface area contributed by atoms with E-state index in [2.05, 4.69) is 0 Å². The van der Waals surface area contributed by atoms with Gasteiger partial charge in [0.25, 0.3) is 0 Å². The number of benzene rings is 1. The lowest BCUT2D eigenvalue weighted by Crippen LogP contribution is -2.13. The van der Waals surface area contributed by atoms with E-state index in [9.17, 15) is 4.79 Å². The van der Waals surface area contributed by atoms with E-state index >= 15 is 0 Å². The van der Waals surface area contributed by atoms with Crippen molar-refractivity contribution in [3.05, 3.63) is 47.7 Å². The molecule has 0 saturated carbocycles. The summed E-state index contributed by atoms with van der Waals surface area (Å²) in [7, 11) is 0. The lowest BCUT2D eigenvalue weighted by Gasteiger charge is -1.93. The molecule has 3 heteroatoms. The number of nitrogens with two attached hydrogens (primary N) is 1. The van der Waals surface area contributed by atoms with Crippen LogP contribution < -0.4 is 5.73 Å². The average molecular weight is 205 g/mol. The van der Waals surface area contributed by atoms with Crippen molar-refractivity contribution in [2.75, 3.05) is 6.61 Å². The van der Waals surface area contributed by atoms with Crippen LogP contribution in [0.1, 0.15) is 13.3 Å². The molecule has 1 aromatic rings. The summed E-state index contributed by atoms with van der Waals surface area (Å²) in [5.74, 6) is 0.326. The van der Waals surface area contributed by atoms with Crippen LogP contribution in [0.25, 0.3) is 0 Å². The Morgan fingerprint density at radius 2 is 1.67 bits per heavy atom. The predicted octanol–water partition coefficient (Wildman–Crippen LogP) is 1.85. The zero-order chi connectivity index (χ0) is 11.1. The lowest BCUT2D eigenvalue weighted by molar-refractivity contribution is -0.114. The van der Waals surface area contributed by atoms with Gasteiger partial charge in [0, 0.05) is 6.42 Å². The second kappa shape index (κ2) is 5.86. The molecular formula is C12H15NO2. The Balaban J connectivity index is 0.000000162. The molecule has 1 amide bonds. The van der Waals surface area contributed by atoms with Crippen LogP contribution in [-0.2, 0) is 9.53 Å². The summed E-state index contributed by atoms with van der Waals surface area (Å²) in [6, 6.07) is 12.0. The summed E-state index contributed by atoms with van der Waals surface area (Å²) in [5, 5.41) is 0. The maximum atomic E-state index is 10.5. The number of primary amides is 1. The summed E-state index contributed by atoms with van der Waals surface area (Å²) in [6.45, 7) is 2.36. The molecule has 3 nitrogen and oxygen atoms in total. The molecule has 0 saturated heterocycles. The van der Waals surface area contributed by atoms with E-state index in [4.69, 9.17) is 10.5 Å². The maximum absolute atomic E-state index is 10.5. The first kappa shape index (κ1) is 11.3. The quantitative estimate of drug-likeness (QED) is 0.760. The van der Waals surface area contributed by atoms with Gasteiger partial charge in [-0.15, -0.1) is 0 Å². The van der Waals surface area contributed by atoms with Crippen molar-refractivity contribution in [2.24, 2.45) is 5.73 Å². The molecule has 0 spiro atoms. The molecule has 0 radical (unpaired) electrons. The highest BCUT2D eigenvalue weighted by atomic mass is 16.5. The lowest BCUT2D eigenvalue weighted by atomic mass is 10.2. The van der Waals surface area contributed by atoms with Crippen LogP contribution >= 0.6 is 0 Å². The number of rotatable bonds is 1. The first-order valence-electron chi connectivity index (χ1n) is 4.84. The number of carbonyl (C=O) groups excluding carboxylic acids is 1. The summed E-state index contributed by atoms with van der Waals surface area (Å²) in [6.07, 6.45) is 0.668. The van der Waals surface area contributed by atoms with Crippen LogP contribution in [0.2, 0.25) is 0 Å². The summed E-state index contributed by atoms with van der Waals surface area (Å²) in [5.41, 5.74) is 5.65. The van der Waals surface area contributed by atoms with Crippen molar-refractivity contribution in [1.82, 2.24) is 0 Å². The van der Waals surface area contributed by atoms with Crippen molar-refractivity contribution >= 4 is 5.91 Å². The van der Waals surface area contributed by atoms with Crippen molar-refractivity contribution in [2.45, 2.75) is 13.3 Å². The van der Waals surface area contributed by atoms with Crippen molar-refractivity contribution < 1.29 is 9.53 Å². The van der Waals surface area contributed by atoms with Crippen LogP contribution in [0.3, 0.4) is 0 Å². The van der Waals surface area contributed by atoms with Gasteiger partial charge in [-0.1, -0.05) is 36.4 Å². The van der Waals surface area contributed by atoms with Crippen molar-refractivity contribution in [1.29, 1.82) is 0 Å². The fourth-order valence-corrected chi connectivity index (χ4v) is 1.25. The van der Waals surface area contributed by atoms with Gasteiger partial charge in [0.2, 0.25) is 5.91 Å². The van der Waals surface area contributed by atoms with Gasteiger partial charge in [-0.3, -0.25) is 4.79 Å². The second-order valence-electron chi connectivity index (χ2n) is 3.15. The largest absolute Gasteiger partial charge is 0.497 e. The van der Waals surface area contributed by atoms with Crippen LogP contribution in [0.15, 0.2) is 47.7 Å². The number of hydrogen-bond donors (Lipinski definition) is 1. The second-order valence-corrected chi connectivity index (χ2v) is 3.15. The van der Waals surface area contributed by atoms with Crippen molar-refractivity contribution in [3.8, 4) is 0 Å². The smallest absolute Gasteiger partial charge is 0.248 e. The Kier molecular flexibility index (Phi) is 4.41. The molecule has 2 rings (SSSR count). The molecule has 80 valence electrons. The standard InChI is InChI=1S/C6H9NO2.C6H6/c1-4-5(6(7)8)2-3-9-4;1-2-4-6-5-3-1/h2-3H2,1H3,(H2,7,8);1-6H. The van der Waals surface area contributed by atoms with E-state index < -0.39 is 0 Å². The fraction of sp³-hybridized carbons (Fsp3) is 0.250. The van der Waals surface area contributed by atoms with E-state index in [0.717, 1.165) is 0 Å². The molecule has 1 heterocycles. The molecule has 0 atom stereocenters. The molecule has 1 aliphatic rings. The normalized spacial score (nSPS) is 13.9. The third kappa shape index (κ3) is 3.85. The molecule has 1 aromatic carbocycles. The first-order valence-corrected chi connectivity index (χ1v) is 4.84. The summed E-state index contributed by atoms with van der Waals surface area (Å²) >= 11 is 0.